The fraction of sp³-hybridized carbons (Fsp3) is 0.933. The molecule has 2 fully saturated rings. The molecule has 0 spiro atoms. The van der Waals surface area contributed by atoms with E-state index < -0.39 is 0 Å². The zero-order valence-electron chi connectivity index (χ0n) is 12.5. The molecule has 2 unspecified atom stereocenters. The van der Waals surface area contributed by atoms with Crippen LogP contribution < -0.4 is 5.32 Å². The van der Waals surface area contributed by atoms with Crippen molar-refractivity contribution in [2.75, 3.05) is 32.7 Å². The monoisotopic (exact) mass is 267 g/mol. The minimum atomic E-state index is -0.0302. The highest BCUT2D eigenvalue weighted by Gasteiger charge is 2.26. The number of hydrogen-bond donors (Lipinski definition) is 1. The standard InChI is InChI=1S/C15H29N3O/c1-3-17-11-7-8-14(17)12-16-13(2)15(19)18-9-5-4-6-10-18/h13-14,16H,3-12H2,1-2H3. The zero-order chi connectivity index (χ0) is 13.7. The van der Waals surface area contributed by atoms with Crippen LogP contribution in [0.15, 0.2) is 0 Å². The Morgan fingerprint density at radius 1 is 1.21 bits per heavy atom. The van der Waals surface area contributed by atoms with E-state index in [1.54, 1.807) is 0 Å². The quantitative estimate of drug-likeness (QED) is 0.819. The summed E-state index contributed by atoms with van der Waals surface area (Å²) in [7, 11) is 0. The van der Waals surface area contributed by atoms with Gasteiger partial charge >= 0.3 is 0 Å². The van der Waals surface area contributed by atoms with Crippen LogP contribution in [0.3, 0.4) is 0 Å². The fourth-order valence-corrected chi connectivity index (χ4v) is 3.33. The van der Waals surface area contributed by atoms with Crippen molar-refractivity contribution < 1.29 is 4.79 Å². The van der Waals surface area contributed by atoms with E-state index in [0.29, 0.717) is 11.9 Å². The summed E-state index contributed by atoms with van der Waals surface area (Å²) >= 11 is 0. The minimum Gasteiger partial charge on any atom is -0.341 e. The third-order valence-corrected chi connectivity index (χ3v) is 4.60. The summed E-state index contributed by atoms with van der Waals surface area (Å²) in [6.07, 6.45) is 6.19. The van der Waals surface area contributed by atoms with Gasteiger partial charge in [-0.15, -0.1) is 0 Å². The lowest BCUT2D eigenvalue weighted by atomic mass is 10.1. The number of hydrogen-bond acceptors (Lipinski definition) is 3. The summed E-state index contributed by atoms with van der Waals surface area (Å²) in [6.45, 7) is 9.44. The van der Waals surface area contributed by atoms with Crippen LogP contribution in [0.4, 0.5) is 0 Å². The molecule has 4 heteroatoms. The van der Waals surface area contributed by atoms with Gasteiger partial charge in [-0.25, -0.2) is 0 Å². The first kappa shape index (κ1) is 14.8. The molecule has 0 aromatic carbocycles. The van der Waals surface area contributed by atoms with Crippen molar-refractivity contribution in [3.63, 3.8) is 0 Å². The van der Waals surface area contributed by atoms with E-state index >= 15 is 0 Å². The molecule has 0 aliphatic carbocycles. The molecule has 2 atom stereocenters. The van der Waals surface area contributed by atoms with Crippen LogP contribution in [-0.4, -0.2) is 60.5 Å². The molecule has 0 aromatic heterocycles. The van der Waals surface area contributed by atoms with Gasteiger partial charge in [0.1, 0.15) is 0 Å². The maximum absolute atomic E-state index is 12.3. The molecule has 2 aliphatic rings. The van der Waals surface area contributed by atoms with Crippen LogP contribution >= 0.6 is 0 Å². The van der Waals surface area contributed by atoms with Gasteiger partial charge in [-0.1, -0.05) is 6.92 Å². The second-order valence-electron chi connectivity index (χ2n) is 5.94. The van der Waals surface area contributed by atoms with Crippen molar-refractivity contribution in [2.45, 2.75) is 58.0 Å². The van der Waals surface area contributed by atoms with E-state index in [9.17, 15) is 4.79 Å². The third-order valence-electron chi connectivity index (χ3n) is 4.60. The molecule has 0 saturated carbocycles. The Hall–Kier alpha value is -0.610. The maximum atomic E-state index is 12.3. The number of nitrogens with one attached hydrogen (secondary N) is 1. The van der Waals surface area contributed by atoms with E-state index in [-0.39, 0.29) is 6.04 Å². The van der Waals surface area contributed by atoms with E-state index in [1.165, 1.54) is 38.6 Å². The normalized spacial score (nSPS) is 26.6. The van der Waals surface area contributed by atoms with Crippen LogP contribution in [0.2, 0.25) is 0 Å². The molecule has 0 bridgehead atoms. The second kappa shape index (κ2) is 7.25. The van der Waals surface area contributed by atoms with E-state index in [4.69, 9.17) is 0 Å². The molecule has 2 heterocycles. The van der Waals surface area contributed by atoms with Crippen molar-refractivity contribution in [1.29, 1.82) is 0 Å². The second-order valence-corrected chi connectivity index (χ2v) is 5.94. The smallest absolute Gasteiger partial charge is 0.239 e. The lowest BCUT2D eigenvalue weighted by Gasteiger charge is -2.30. The van der Waals surface area contributed by atoms with Gasteiger partial charge in [0.05, 0.1) is 6.04 Å². The lowest BCUT2D eigenvalue weighted by Crippen LogP contribution is -2.49. The first-order valence-electron chi connectivity index (χ1n) is 7.98. The predicted octanol–water partition coefficient (Wildman–Crippen LogP) is 1.46. The van der Waals surface area contributed by atoms with E-state index in [1.807, 2.05) is 11.8 Å². The first-order chi connectivity index (χ1) is 9.22. The van der Waals surface area contributed by atoms with Gasteiger partial charge in [0, 0.05) is 25.7 Å². The molecule has 110 valence electrons. The number of likely N-dealkylation sites (tertiary alicyclic amines) is 2. The molecule has 4 nitrogen and oxygen atoms in total. The van der Waals surface area contributed by atoms with Crippen molar-refractivity contribution in [2.24, 2.45) is 0 Å². The number of carbonyl (C=O) groups is 1. The van der Waals surface area contributed by atoms with Gasteiger partial charge in [-0.3, -0.25) is 9.69 Å². The fourth-order valence-electron chi connectivity index (χ4n) is 3.33. The van der Waals surface area contributed by atoms with Crippen LogP contribution in [0.25, 0.3) is 0 Å². The number of carbonyl (C=O) groups excluding carboxylic acids is 1. The molecule has 0 radical (unpaired) electrons. The van der Waals surface area contributed by atoms with Gasteiger partial charge in [-0.2, -0.15) is 0 Å². The first-order valence-corrected chi connectivity index (χ1v) is 7.98. The van der Waals surface area contributed by atoms with Crippen molar-refractivity contribution >= 4 is 5.91 Å². The molecular formula is C15H29N3O. The molecule has 1 amide bonds. The number of piperidine rings is 1. The van der Waals surface area contributed by atoms with Gasteiger partial charge in [0.15, 0.2) is 0 Å². The minimum absolute atomic E-state index is 0.0302. The zero-order valence-corrected chi connectivity index (χ0v) is 12.5. The van der Waals surface area contributed by atoms with Crippen molar-refractivity contribution in [3.05, 3.63) is 0 Å². The molecular weight excluding hydrogens is 238 g/mol. The number of amides is 1. The van der Waals surface area contributed by atoms with Crippen molar-refractivity contribution in [1.82, 2.24) is 15.1 Å². The molecule has 1 N–H and O–H groups in total. The van der Waals surface area contributed by atoms with Gasteiger partial charge < -0.3 is 10.2 Å². The lowest BCUT2D eigenvalue weighted by molar-refractivity contribution is -0.133. The molecule has 19 heavy (non-hydrogen) atoms. The number of nitrogens with zero attached hydrogens (tertiary/aromatic N) is 2. The molecule has 2 rings (SSSR count). The highest BCUT2D eigenvalue weighted by atomic mass is 16.2. The third kappa shape index (κ3) is 3.93. The Balaban J connectivity index is 1.73. The highest BCUT2D eigenvalue weighted by Crippen LogP contribution is 2.16. The number of rotatable bonds is 5. The van der Waals surface area contributed by atoms with Gasteiger partial charge in [0.25, 0.3) is 0 Å². The predicted molar refractivity (Wildman–Crippen MR) is 78.2 cm³/mol. The van der Waals surface area contributed by atoms with E-state index in [2.05, 4.69) is 17.1 Å². The van der Waals surface area contributed by atoms with Gasteiger partial charge in [0.2, 0.25) is 5.91 Å². The van der Waals surface area contributed by atoms with Crippen LogP contribution in [0.1, 0.15) is 46.0 Å². The Bertz CT molecular complexity index is 289. The topological polar surface area (TPSA) is 35.6 Å². The summed E-state index contributed by atoms with van der Waals surface area (Å²) in [5.41, 5.74) is 0. The molecule has 2 saturated heterocycles. The van der Waals surface area contributed by atoms with Gasteiger partial charge in [-0.05, 0) is 52.1 Å². The largest absolute Gasteiger partial charge is 0.341 e. The van der Waals surface area contributed by atoms with E-state index in [0.717, 1.165) is 26.2 Å². The van der Waals surface area contributed by atoms with Crippen LogP contribution in [0.5, 0.6) is 0 Å². The Morgan fingerprint density at radius 3 is 2.63 bits per heavy atom. The van der Waals surface area contributed by atoms with Crippen molar-refractivity contribution in [3.8, 4) is 0 Å². The summed E-state index contributed by atoms with van der Waals surface area (Å²) in [6, 6.07) is 0.596. The Kier molecular flexibility index (Phi) is 5.64. The molecule has 0 aromatic rings. The Morgan fingerprint density at radius 2 is 1.95 bits per heavy atom. The highest BCUT2D eigenvalue weighted by molar-refractivity contribution is 5.81. The summed E-state index contributed by atoms with van der Waals surface area (Å²) in [4.78, 5) is 16.9. The number of likely N-dealkylation sites (N-methyl/N-ethyl adjacent to an activating group) is 1. The average molecular weight is 267 g/mol. The maximum Gasteiger partial charge on any atom is 0.239 e. The average Bonchev–Trinajstić information content (AvgIpc) is 2.92. The summed E-state index contributed by atoms with van der Waals surface area (Å²) in [5.74, 6) is 0.292. The van der Waals surface area contributed by atoms with Crippen LogP contribution in [0, 0.1) is 0 Å². The molecule has 2 aliphatic heterocycles. The van der Waals surface area contributed by atoms with Crippen LogP contribution in [-0.2, 0) is 4.79 Å². The summed E-state index contributed by atoms with van der Waals surface area (Å²) < 4.78 is 0. The Labute approximate surface area is 117 Å². The summed E-state index contributed by atoms with van der Waals surface area (Å²) in [5, 5.41) is 3.45. The SMILES string of the molecule is CCN1CCCC1CNC(C)C(=O)N1CCCCC1.